The van der Waals surface area contributed by atoms with Crippen LogP contribution in [0.4, 0.5) is 0 Å². The van der Waals surface area contributed by atoms with Gasteiger partial charge in [-0.1, -0.05) is 34.6 Å². The Bertz CT molecular complexity index is 277. The first-order valence-corrected chi connectivity index (χ1v) is 7.74. The van der Waals surface area contributed by atoms with Gasteiger partial charge in [-0.05, 0) is 32.6 Å². The number of nitrogens with zero attached hydrogens (tertiary/aromatic N) is 1. The summed E-state index contributed by atoms with van der Waals surface area (Å²) in [7, 11) is 0. The van der Waals surface area contributed by atoms with Gasteiger partial charge in [0.15, 0.2) is 0 Å². The molecule has 0 spiro atoms. The SMILES string of the molecule is CC(C)NC(C)C(=O)N(I)C(C)(C)C(C)C(C)C. The molecule has 4 heteroatoms. The predicted octanol–water partition coefficient (Wildman–Crippen LogP) is 3.62. The number of nitrogens with one attached hydrogen (secondary N) is 1. The predicted molar refractivity (Wildman–Crippen MR) is 86.7 cm³/mol. The molecule has 108 valence electrons. The van der Waals surface area contributed by atoms with Crippen molar-refractivity contribution in [3.8, 4) is 0 Å². The molecule has 0 aliphatic carbocycles. The highest BCUT2D eigenvalue weighted by molar-refractivity contribution is 14.1. The summed E-state index contributed by atoms with van der Waals surface area (Å²) in [5.74, 6) is 1.16. The van der Waals surface area contributed by atoms with Gasteiger partial charge in [-0.2, -0.15) is 0 Å². The van der Waals surface area contributed by atoms with E-state index in [4.69, 9.17) is 0 Å². The van der Waals surface area contributed by atoms with Gasteiger partial charge in [-0.15, -0.1) is 0 Å². The second-order valence-electron chi connectivity index (χ2n) is 6.35. The van der Waals surface area contributed by atoms with E-state index < -0.39 is 0 Å². The van der Waals surface area contributed by atoms with Gasteiger partial charge in [0.2, 0.25) is 5.91 Å². The monoisotopic (exact) mass is 368 g/mol. The average Bonchev–Trinajstić information content (AvgIpc) is 2.24. The van der Waals surface area contributed by atoms with Crippen molar-refractivity contribution < 1.29 is 4.79 Å². The molecule has 0 fully saturated rings. The van der Waals surface area contributed by atoms with Gasteiger partial charge >= 0.3 is 0 Å². The molecule has 0 aliphatic heterocycles. The number of hydrogen-bond acceptors (Lipinski definition) is 2. The van der Waals surface area contributed by atoms with Crippen molar-refractivity contribution in [3.05, 3.63) is 0 Å². The zero-order valence-corrected chi connectivity index (χ0v) is 15.2. The Morgan fingerprint density at radius 1 is 1.11 bits per heavy atom. The number of halogens is 1. The Balaban J connectivity index is 4.81. The van der Waals surface area contributed by atoms with E-state index in [9.17, 15) is 4.79 Å². The lowest BCUT2D eigenvalue weighted by molar-refractivity contribution is -0.131. The Morgan fingerprint density at radius 3 is 1.89 bits per heavy atom. The Morgan fingerprint density at radius 2 is 1.56 bits per heavy atom. The number of amides is 1. The molecule has 0 saturated carbocycles. The highest BCUT2D eigenvalue weighted by Gasteiger charge is 2.37. The van der Waals surface area contributed by atoms with E-state index in [1.165, 1.54) is 0 Å². The topological polar surface area (TPSA) is 32.3 Å². The van der Waals surface area contributed by atoms with Crippen LogP contribution in [0.25, 0.3) is 0 Å². The van der Waals surface area contributed by atoms with Gasteiger partial charge in [-0.25, -0.2) is 0 Å². The van der Waals surface area contributed by atoms with Crippen LogP contribution >= 0.6 is 22.9 Å². The first kappa shape index (κ1) is 18.2. The number of carbonyl (C=O) groups excluding carboxylic acids is 1. The molecular weight excluding hydrogens is 339 g/mol. The first-order chi connectivity index (χ1) is 8.01. The molecule has 2 unspecified atom stereocenters. The molecule has 0 saturated heterocycles. The molecule has 0 aromatic carbocycles. The van der Waals surface area contributed by atoms with E-state index in [0.29, 0.717) is 17.9 Å². The summed E-state index contributed by atoms with van der Waals surface area (Å²) in [5.41, 5.74) is -0.140. The third-order valence-corrected chi connectivity index (χ3v) is 5.49. The zero-order valence-electron chi connectivity index (χ0n) is 13.0. The summed E-state index contributed by atoms with van der Waals surface area (Å²) in [5, 5.41) is 3.27. The van der Waals surface area contributed by atoms with Crippen LogP contribution in [0.15, 0.2) is 0 Å². The summed E-state index contributed by atoms with van der Waals surface area (Å²) in [6.07, 6.45) is 0. The van der Waals surface area contributed by atoms with Crippen LogP contribution in [0, 0.1) is 11.8 Å². The van der Waals surface area contributed by atoms with Crippen LogP contribution in [0.5, 0.6) is 0 Å². The molecule has 0 radical (unpaired) electrons. The molecule has 3 nitrogen and oxygen atoms in total. The summed E-state index contributed by atoms with van der Waals surface area (Å²) in [6, 6.07) is 0.180. The van der Waals surface area contributed by atoms with Crippen molar-refractivity contribution in [1.29, 1.82) is 0 Å². The van der Waals surface area contributed by atoms with E-state index in [2.05, 4.69) is 76.6 Å². The average molecular weight is 368 g/mol. The molecule has 18 heavy (non-hydrogen) atoms. The van der Waals surface area contributed by atoms with Crippen LogP contribution in [0.2, 0.25) is 0 Å². The summed E-state index contributed by atoms with van der Waals surface area (Å²) >= 11 is 2.16. The molecule has 0 heterocycles. The van der Waals surface area contributed by atoms with Crippen LogP contribution in [0.1, 0.15) is 55.4 Å². The minimum absolute atomic E-state index is 0.138. The molecule has 2 atom stereocenters. The number of rotatable bonds is 6. The van der Waals surface area contributed by atoms with Crippen LogP contribution in [-0.2, 0) is 4.79 Å². The Labute approximate surface area is 127 Å². The minimum Gasteiger partial charge on any atom is -0.304 e. The van der Waals surface area contributed by atoms with E-state index in [1.807, 2.05) is 10.0 Å². The quantitative estimate of drug-likeness (QED) is 0.574. The minimum atomic E-state index is -0.140. The van der Waals surface area contributed by atoms with Crippen molar-refractivity contribution in [2.45, 2.75) is 73.0 Å². The molecule has 0 aromatic rings. The molecule has 0 rings (SSSR count). The van der Waals surface area contributed by atoms with E-state index in [0.717, 1.165) is 0 Å². The third-order valence-electron chi connectivity index (χ3n) is 3.77. The van der Waals surface area contributed by atoms with Gasteiger partial charge in [-0.3, -0.25) is 7.91 Å². The van der Waals surface area contributed by atoms with E-state index in [-0.39, 0.29) is 17.5 Å². The maximum atomic E-state index is 12.4. The van der Waals surface area contributed by atoms with E-state index in [1.54, 1.807) is 0 Å². The molecular formula is C14H29IN2O. The smallest absolute Gasteiger partial charge is 0.248 e. The van der Waals surface area contributed by atoms with E-state index >= 15 is 0 Å². The highest BCUT2D eigenvalue weighted by atomic mass is 127. The molecule has 0 aliphatic rings. The Kier molecular flexibility index (Phi) is 7.14. The fourth-order valence-electron chi connectivity index (χ4n) is 2.02. The maximum Gasteiger partial charge on any atom is 0.248 e. The molecule has 0 bridgehead atoms. The standard InChI is InChI=1S/C14H29IN2O/c1-9(2)11(5)14(7,8)17(15)13(18)12(6)16-10(3)4/h9-12,16H,1-8H3. The second-order valence-corrected chi connectivity index (χ2v) is 7.31. The fraction of sp³-hybridized carbons (Fsp3) is 0.929. The maximum absolute atomic E-state index is 12.4. The zero-order chi connectivity index (χ0) is 14.7. The Hall–Kier alpha value is 0.160. The van der Waals surface area contributed by atoms with Gasteiger partial charge in [0.1, 0.15) is 0 Å². The van der Waals surface area contributed by atoms with Crippen LogP contribution in [0.3, 0.4) is 0 Å². The summed E-state index contributed by atoms with van der Waals surface area (Å²) < 4.78 is 1.87. The molecule has 1 N–H and O–H groups in total. The lowest BCUT2D eigenvalue weighted by atomic mass is 9.81. The molecule has 1 amide bonds. The van der Waals surface area contributed by atoms with Crippen molar-refractivity contribution >= 4 is 28.8 Å². The largest absolute Gasteiger partial charge is 0.304 e. The van der Waals surface area contributed by atoms with Crippen molar-refractivity contribution in [2.75, 3.05) is 0 Å². The fourth-order valence-corrected chi connectivity index (χ4v) is 2.88. The van der Waals surface area contributed by atoms with Crippen LogP contribution in [-0.4, -0.2) is 26.6 Å². The third kappa shape index (κ3) is 4.68. The van der Waals surface area contributed by atoms with Gasteiger partial charge < -0.3 is 5.32 Å². The molecule has 0 aromatic heterocycles. The van der Waals surface area contributed by atoms with Crippen molar-refractivity contribution in [2.24, 2.45) is 11.8 Å². The van der Waals surface area contributed by atoms with Crippen molar-refractivity contribution in [3.63, 3.8) is 0 Å². The van der Waals surface area contributed by atoms with Crippen LogP contribution < -0.4 is 5.32 Å². The van der Waals surface area contributed by atoms with Gasteiger partial charge in [0, 0.05) is 6.04 Å². The number of hydrogen-bond donors (Lipinski definition) is 1. The normalized spacial score (nSPS) is 15.9. The lowest BCUT2D eigenvalue weighted by Gasteiger charge is -2.42. The highest BCUT2D eigenvalue weighted by Crippen LogP contribution is 2.33. The van der Waals surface area contributed by atoms with Gasteiger partial charge in [0.25, 0.3) is 0 Å². The second kappa shape index (κ2) is 7.08. The summed E-state index contributed by atoms with van der Waals surface area (Å²) in [6.45, 7) is 17.0. The van der Waals surface area contributed by atoms with Gasteiger partial charge in [0.05, 0.1) is 34.4 Å². The lowest BCUT2D eigenvalue weighted by Crippen LogP contribution is -2.53. The number of carbonyl (C=O) groups is 1. The van der Waals surface area contributed by atoms with Crippen molar-refractivity contribution in [1.82, 2.24) is 8.43 Å². The summed E-state index contributed by atoms with van der Waals surface area (Å²) in [4.78, 5) is 12.4. The first-order valence-electron chi connectivity index (χ1n) is 6.77.